The van der Waals surface area contributed by atoms with Crippen molar-refractivity contribution in [2.24, 2.45) is 4.99 Å². The zero-order valence-corrected chi connectivity index (χ0v) is 14.6. The smallest absolute Gasteiger partial charge is 0.324 e. The number of hydrogen-bond donors (Lipinski definition) is 3. The molecule has 0 bridgehead atoms. The van der Waals surface area contributed by atoms with Gasteiger partial charge in [0.25, 0.3) is 0 Å². The number of nitrogens with zero attached hydrogens (tertiary/aromatic N) is 3. The highest BCUT2D eigenvalue weighted by Gasteiger charge is 2.27. The third kappa shape index (κ3) is 5.23. The first kappa shape index (κ1) is 18.3. The van der Waals surface area contributed by atoms with Crippen molar-refractivity contribution in [2.75, 3.05) is 46.3 Å². The number of guanidine groups is 1. The van der Waals surface area contributed by atoms with Crippen molar-refractivity contribution >= 4 is 17.9 Å². The van der Waals surface area contributed by atoms with Crippen LogP contribution in [0.5, 0.6) is 0 Å². The molecule has 8 heteroatoms. The lowest BCUT2D eigenvalue weighted by atomic mass is 10.0. The molecule has 0 aliphatic carbocycles. The Kier molecular flexibility index (Phi) is 6.60. The van der Waals surface area contributed by atoms with Crippen LogP contribution in [0.2, 0.25) is 0 Å². The van der Waals surface area contributed by atoms with Gasteiger partial charge in [0.2, 0.25) is 5.91 Å². The normalized spacial score (nSPS) is 20.2. The highest BCUT2D eigenvalue weighted by molar-refractivity contribution is 6.01. The SMILES string of the molecule is C=C(C)CN1CCC(NC(=NC)NCCN2C(=O)CNC2=O)CC1. The van der Waals surface area contributed by atoms with Gasteiger partial charge in [-0.2, -0.15) is 0 Å². The van der Waals surface area contributed by atoms with Crippen LogP contribution in [0.1, 0.15) is 19.8 Å². The van der Waals surface area contributed by atoms with Crippen LogP contribution in [0.4, 0.5) is 4.79 Å². The topological polar surface area (TPSA) is 89.1 Å². The van der Waals surface area contributed by atoms with Crippen molar-refractivity contribution in [3.8, 4) is 0 Å². The van der Waals surface area contributed by atoms with Gasteiger partial charge in [0.05, 0.1) is 6.54 Å². The summed E-state index contributed by atoms with van der Waals surface area (Å²) in [5.41, 5.74) is 1.19. The summed E-state index contributed by atoms with van der Waals surface area (Å²) < 4.78 is 0. The zero-order valence-electron chi connectivity index (χ0n) is 14.6. The molecule has 2 saturated heterocycles. The van der Waals surface area contributed by atoms with Crippen LogP contribution < -0.4 is 16.0 Å². The van der Waals surface area contributed by atoms with Crippen molar-refractivity contribution in [3.63, 3.8) is 0 Å². The maximum atomic E-state index is 11.5. The Bertz CT molecular complexity index is 495. The predicted molar refractivity (Wildman–Crippen MR) is 93.9 cm³/mol. The number of imide groups is 1. The van der Waals surface area contributed by atoms with Gasteiger partial charge < -0.3 is 16.0 Å². The monoisotopic (exact) mass is 336 g/mol. The Morgan fingerprint density at radius 2 is 2.08 bits per heavy atom. The van der Waals surface area contributed by atoms with Gasteiger partial charge in [0.1, 0.15) is 0 Å². The number of carbonyl (C=O) groups excluding carboxylic acids is 2. The van der Waals surface area contributed by atoms with Crippen LogP contribution in [0.15, 0.2) is 17.1 Å². The van der Waals surface area contributed by atoms with Crippen molar-refractivity contribution in [3.05, 3.63) is 12.2 Å². The van der Waals surface area contributed by atoms with Gasteiger partial charge in [-0.3, -0.25) is 19.6 Å². The molecule has 3 N–H and O–H groups in total. The summed E-state index contributed by atoms with van der Waals surface area (Å²) in [7, 11) is 1.72. The second kappa shape index (κ2) is 8.68. The molecule has 0 aromatic rings. The average molecular weight is 336 g/mol. The highest BCUT2D eigenvalue weighted by atomic mass is 16.2. The summed E-state index contributed by atoms with van der Waals surface area (Å²) in [4.78, 5) is 30.8. The van der Waals surface area contributed by atoms with E-state index in [-0.39, 0.29) is 18.5 Å². The molecule has 0 saturated carbocycles. The van der Waals surface area contributed by atoms with E-state index < -0.39 is 0 Å². The summed E-state index contributed by atoms with van der Waals surface area (Å²) in [5.74, 6) is 0.523. The number of rotatable bonds is 6. The number of hydrogen-bond acceptors (Lipinski definition) is 4. The fourth-order valence-corrected chi connectivity index (χ4v) is 2.97. The minimum atomic E-state index is -0.324. The first-order chi connectivity index (χ1) is 11.5. The molecule has 0 aromatic heterocycles. The maximum Gasteiger partial charge on any atom is 0.324 e. The molecule has 3 amide bonds. The van der Waals surface area contributed by atoms with E-state index in [1.807, 2.05) is 0 Å². The molecule has 0 atom stereocenters. The van der Waals surface area contributed by atoms with E-state index in [9.17, 15) is 9.59 Å². The summed E-state index contributed by atoms with van der Waals surface area (Å²) in [5, 5.41) is 9.09. The van der Waals surface area contributed by atoms with Gasteiger partial charge in [0, 0.05) is 45.8 Å². The Labute approximate surface area is 143 Å². The molecule has 0 unspecified atom stereocenters. The second-order valence-corrected chi connectivity index (χ2v) is 6.35. The average Bonchev–Trinajstić information content (AvgIpc) is 2.87. The van der Waals surface area contributed by atoms with Gasteiger partial charge >= 0.3 is 6.03 Å². The van der Waals surface area contributed by atoms with Crippen LogP contribution in [-0.4, -0.2) is 80.1 Å². The Hall–Kier alpha value is -2.09. The molecular weight excluding hydrogens is 308 g/mol. The highest BCUT2D eigenvalue weighted by Crippen LogP contribution is 2.11. The summed E-state index contributed by atoms with van der Waals surface area (Å²) >= 11 is 0. The summed E-state index contributed by atoms with van der Waals surface area (Å²) in [6.45, 7) is 9.98. The molecule has 8 nitrogen and oxygen atoms in total. The molecule has 0 radical (unpaired) electrons. The lowest BCUT2D eigenvalue weighted by Gasteiger charge is -2.33. The molecule has 2 rings (SSSR count). The number of amides is 3. The van der Waals surface area contributed by atoms with Crippen LogP contribution >= 0.6 is 0 Å². The molecule has 134 valence electrons. The Morgan fingerprint density at radius 3 is 2.62 bits per heavy atom. The minimum absolute atomic E-state index is 0.0918. The predicted octanol–water partition coefficient (Wildman–Crippen LogP) is -0.256. The lowest BCUT2D eigenvalue weighted by Crippen LogP contribution is -2.50. The van der Waals surface area contributed by atoms with E-state index >= 15 is 0 Å². The summed E-state index contributed by atoms with van der Waals surface area (Å²) in [6.07, 6.45) is 2.11. The zero-order chi connectivity index (χ0) is 17.5. The van der Waals surface area contributed by atoms with Crippen molar-refractivity contribution in [1.29, 1.82) is 0 Å². The quantitative estimate of drug-likeness (QED) is 0.269. The Balaban J connectivity index is 1.68. The molecule has 2 fully saturated rings. The summed E-state index contributed by atoms with van der Waals surface area (Å²) in [6, 6.07) is 0.0592. The molecule has 24 heavy (non-hydrogen) atoms. The van der Waals surface area contributed by atoms with E-state index in [2.05, 4.69) is 39.3 Å². The Morgan fingerprint density at radius 1 is 1.38 bits per heavy atom. The van der Waals surface area contributed by atoms with E-state index in [0.717, 1.165) is 32.5 Å². The van der Waals surface area contributed by atoms with Gasteiger partial charge in [-0.1, -0.05) is 12.2 Å². The van der Waals surface area contributed by atoms with Crippen molar-refractivity contribution in [2.45, 2.75) is 25.8 Å². The lowest BCUT2D eigenvalue weighted by molar-refractivity contribution is -0.124. The maximum absolute atomic E-state index is 11.5. The first-order valence-corrected chi connectivity index (χ1v) is 8.41. The minimum Gasteiger partial charge on any atom is -0.355 e. The fraction of sp³-hybridized carbons (Fsp3) is 0.688. The van der Waals surface area contributed by atoms with Crippen LogP contribution in [0.3, 0.4) is 0 Å². The van der Waals surface area contributed by atoms with Gasteiger partial charge in [-0.05, 0) is 19.8 Å². The number of likely N-dealkylation sites (tertiary alicyclic amines) is 1. The van der Waals surface area contributed by atoms with E-state index in [1.165, 1.54) is 10.5 Å². The van der Waals surface area contributed by atoms with E-state index in [1.54, 1.807) is 7.05 Å². The van der Waals surface area contributed by atoms with E-state index in [4.69, 9.17) is 0 Å². The fourth-order valence-electron chi connectivity index (χ4n) is 2.97. The van der Waals surface area contributed by atoms with Gasteiger partial charge in [0.15, 0.2) is 5.96 Å². The standard InChI is InChI=1S/C16H28N6O2/c1-12(2)11-21-7-4-13(5-8-21)20-15(17-3)18-6-9-22-14(23)10-19-16(22)24/h13H,1,4-11H2,2-3H3,(H,19,24)(H2,17,18,20). The number of nitrogens with one attached hydrogen (secondary N) is 3. The second-order valence-electron chi connectivity index (χ2n) is 6.35. The first-order valence-electron chi connectivity index (χ1n) is 8.41. The van der Waals surface area contributed by atoms with Gasteiger partial charge in [-0.15, -0.1) is 0 Å². The number of urea groups is 1. The number of piperidine rings is 1. The number of aliphatic imine (C=N–C) groups is 1. The molecule has 0 spiro atoms. The molecular formula is C16H28N6O2. The molecule has 2 aliphatic rings. The number of carbonyl (C=O) groups is 2. The van der Waals surface area contributed by atoms with E-state index in [0.29, 0.717) is 25.1 Å². The van der Waals surface area contributed by atoms with Crippen LogP contribution in [-0.2, 0) is 4.79 Å². The van der Waals surface area contributed by atoms with Crippen molar-refractivity contribution < 1.29 is 9.59 Å². The largest absolute Gasteiger partial charge is 0.355 e. The van der Waals surface area contributed by atoms with Gasteiger partial charge in [-0.25, -0.2) is 4.79 Å². The third-order valence-electron chi connectivity index (χ3n) is 4.21. The van der Waals surface area contributed by atoms with Crippen molar-refractivity contribution in [1.82, 2.24) is 25.8 Å². The van der Waals surface area contributed by atoms with Crippen LogP contribution in [0.25, 0.3) is 0 Å². The molecule has 2 heterocycles. The third-order valence-corrected chi connectivity index (χ3v) is 4.21. The molecule has 0 aromatic carbocycles. The van der Waals surface area contributed by atoms with Crippen LogP contribution in [0, 0.1) is 0 Å². The molecule has 2 aliphatic heterocycles.